The molecule has 0 fully saturated rings. The summed E-state index contributed by atoms with van der Waals surface area (Å²) in [5.74, 6) is -1.73. The zero-order valence-electron chi connectivity index (χ0n) is 28.1. The van der Waals surface area contributed by atoms with Crippen LogP contribution in [0.4, 0.5) is 0 Å². The van der Waals surface area contributed by atoms with E-state index in [9.17, 15) is 19.2 Å². The molecule has 8 heteroatoms. The van der Waals surface area contributed by atoms with Gasteiger partial charge in [0.1, 0.15) is 13.2 Å². The quantitative estimate of drug-likeness (QED) is 0.0504. The number of esters is 2. The lowest BCUT2D eigenvalue weighted by molar-refractivity contribution is -0.259. The summed E-state index contributed by atoms with van der Waals surface area (Å²) in [5.41, 5.74) is 9.43. The van der Waals surface area contributed by atoms with Crippen molar-refractivity contribution < 1.29 is 38.4 Å². The normalized spacial score (nSPS) is 12.7. The average molecular weight is 675 g/mol. The van der Waals surface area contributed by atoms with E-state index in [0.717, 1.165) is 0 Å². The standard InChI is InChI=1S/C42H42O8/c43-39(47-27-37-33-19-11-7-15-29(33)30-16-8-12-20-34(30)37)23-3-1-5-25-41(45)49-50-42(46)26-6-2-4-24-40(44)48-28-38-35-21-13-9-17-31(35)32-18-10-14-22-36(32)38/h7-22,37-38H,1-6,23-28H2. The lowest BCUT2D eigenvalue weighted by atomic mass is 9.98. The molecule has 4 aromatic carbocycles. The third-order valence-electron chi connectivity index (χ3n) is 9.50. The summed E-state index contributed by atoms with van der Waals surface area (Å²) in [6, 6.07) is 32.8. The van der Waals surface area contributed by atoms with Crippen LogP contribution in [0.25, 0.3) is 22.3 Å². The Morgan fingerprint density at radius 3 is 0.980 bits per heavy atom. The molecule has 258 valence electrons. The van der Waals surface area contributed by atoms with Gasteiger partial charge in [0.25, 0.3) is 0 Å². The van der Waals surface area contributed by atoms with Gasteiger partial charge in [0.15, 0.2) is 0 Å². The summed E-state index contributed by atoms with van der Waals surface area (Å²) >= 11 is 0. The van der Waals surface area contributed by atoms with Crippen LogP contribution in [-0.2, 0) is 38.4 Å². The SMILES string of the molecule is O=C(CCCCCC(=O)OOC(=O)CCCCCC(=O)OCC1c2ccccc2-c2ccccc21)OCC1c2ccccc2-c2ccccc21. The summed E-state index contributed by atoms with van der Waals surface area (Å²) in [6.07, 6.45) is 4.14. The lowest BCUT2D eigenvalue weighted by Gasteiger charge is -2.14. The first-order chi connectivity index (χ1) is 24.5. The highest BCUT2D eigenvalue weighted by molar-refractivity contribution is 5.80. The van der Waals surface area contributed by atoms with Crippen LogP contribution in [0.1, 0.15) is 98.3 Å². The molecule has 0 spiro atoms. The molecule has 8 nitrogen and oxygen atoms in total. The van der Waals surface area contributed by atoms with Crippen LogP contribution < -0.4 is 0 Å². The maximum Gasteiger partial charge on any atom is 0.355 e. The minimum atomic E-state index is -0.630. The van der Waals surface area contributed by atoms with E-state index in [0.29, 0.717) is 51.7 Å². The van der Waals surface area contributed by atoms with Gasteiger partial charge in [-0.15, -0.1) is 0 Å². The van der Waals surface area contributed by atoms with Crippen LogP contribution in [0.5, 0.6) is 0 Å². The van der Waals surface area contributed by atoms with Crippen molar-refractivity contribution in [3.63, 3.8) is 0 Å². The molecule has 0 saturated heterocycles. The molecule has 6 rings (SSSR count). The molecule has 4 aromatic rings. The smallest absolute Gasteiger partial charge is 0.355 e. The topological polar surface area (TPSA) is 105 Å². The Kier molecular flexibility index (Phi) is 11.7. The van der Waals surface area contributed by atoms with E-state index in [4.69, 9.17) is 9.47 Å². The molecule has 2 aliphatic rings. The summed E-state index contributed by atoms with van der Waals surface area (Å²) in [4.78, 5) is 58.1. The van der Waals surface area contributed by atoms with E-state index < -0.39 is 11.9 Å². The number of rotatable bonds is 16. The second-order valence-electron chi connectivity index (χ2n) is 12.9. The second-order valence-corrected chi connectivity index (χ2v) is 12.9. The zero-order valence-corrected chi connectivity index (χ0v) is 28.1. The number of carbonyl (C=O) groups is 4. The summed E-state index contributed by atoms with van der Waals surface area (Å²) in [5, 5.41) is 0. The maximum atomic E-state index is 12.4. The highest BCUT2D eigenvalue weighted by Gasteiger charge is 2.30. The zero-order chi connectivity index (χ0) is 34.7. The van der Waals surface area contributed by atoms with E-state index in [2.05, 4.69) is 58.3 Å². The summed E-state index contributed by atoms with van der Waals surface area (Å²) in [7, 11) is 0. The lowest BCUT2D eigenvalue weighted by Crippen LogP contribution is -2.13. The predicted octanol–water partition coefficient (Wildman–Crippen LogP) is 8.60. The van der Waals surface area contributed by atoms with Gasteiger partial charge in [0.05, 0.1) is 12.8 Å². The fraction of sp³-hybridized carbons (Fsp3) is 0.333. The third-order valence-corrected chi connectivity index (χ3v) is 9.50. The summed E-state index contributed by atoms with van der Waals surface area (Å²) < 4.78 is 11.3. The molecule has 0 heterocycles. The second kappa shape index (κ2) is 16.9. The Balaban J connectivity index is 0.774. The molecule has 0 aliphatic heterocycles. The van der Waals surface area contributed by atoms with Crippen molar-refractivity contribution in [1.29, 1.82) is 0 Å². The fourth-order valence-corrected chi connectivity index (χ4v) is 6.98. The Labute approximate surface area is 292 Å². The van der Waals surface area contributed by atoms with Crippen LogP contribution in [-0.4, -0.2) is 37.1 Å². The van der Waals surface area contributed by atoms with Crippen LogP contribution >= 0.6 is 0 Å². The van der Waals surface area contributed by atoms with Crippen molar-refractivity contribution in [2.45, 2.75) is 76.0 Å². The minimum Gasteiger partial charge on any atom is -0.465 e. The third kappa shape index (κ3) is 8.48. The van der Waals surface area contributed by atoms with Gasteiger partial charge >= 0.3 is 23.9 Å². The molecule has 0 aromatic heterocycles. The highest BCUT2D eigenvalue weighted by atomic mass is 17.2. The first kappa shape index (κ1) is 34.6. The molecule has 0 bridgehead atoms. The van der Waals surface area contributed by atoms with Crippen LogP contribution in [0.3, 0.4) is 0 Å². The Morgan fingerprint density at radius 1 is 0.380 bits per heavy atom. The summed E-state index contributed by atoms with van der Waals surface area (Å²) in [6.45, 7) is 0.590. The number of hydrogen-bond donors (Lipinski definition) is 0. The van der Waals surface area contributed by atoms with E-state index in [1.807, 2.05) is 48.5 Å². The van der Waals surface area contributed by atoms with Gasteiger partial charge in [0.2, 0.25) is 0 Å². The monoisotopic (exact) mass is 674 g/mol. The molecule has 0 radical (unpaired) electrons. The molecular weight excluding hydrogens is 632 g/mol. The van der Waals surface area contributed by atoms with E-state index in [1.54, 1.807) is 0 Å². The molecule has 0 atom stereocenters. The van der Waals surface area contributed by atoms with Crippen LogP contribution in [0.2, 0.25) is 0 Å². The fourth-order valence-electron chi connectivity index (χ4n) is 6.98. The number of hydrogen-bond acceptors (Lipinski definition) is 8. The Bertz CT molecular complexity index is 1600. The molecule has 0 N–H and O–H groups in total. The van der Waals surface area contributed by atoms with E-state index >= 15 is 0 Å². The van der Waals surface area contributed by atoms with Gasteiger partial charge in [-0.1, -0.05) is 110 Å². The number of carbonyl (C=O) groups excluding carboxylic acids is 4. The van der Waals surface area contributed by atoms with Crippen molar-refractivity contribution in [2.24, 2.45) is 0 Å². The predicted molar refractivity (Wildman–Crippen MR) is 188 cm³/mol. The first-order valence-electron chi connectivity index (χ1n) is 17.6. The van der Waals surface area contributed by atoms with Crippen molar-refractivity contribution in [1.82, 2.24) is 0 Å². The molecule has 2 aliphatic carbocycles. The van der Waals surface area contributed by atoms with Crippen molar-refractivity contribution in [3.8, 4) is 22.3 Å². The number of ether oxygens (including phenoxy) is 2. The Hall–Kier alpha value is -5.24. The van der Waals surface area contributed by atoms with Gasteiger partial charge in [-0.05, 0) is 70.2 Å². The Morgan fingerprint density at radius 2 is 0.660 bits per heavy atom. The van der Waals surface area contributed by atoms with Gasteiger partial charge in [0, 0.05) is 24.7 Å². The van der Waals surface area contributed by atoms with Crippen molar-refractivity contribution in [3.05, 3.63) is 119 Å². The largest absolute Gasteiger partial charge is 0.465 e. The van der Waals surface area contributed by atoms with Gasteiger partial charge in [-0.3, -0.25) is 9.59 Å². The van der Waals surface area contributed by atoms with Crippen LogP contribution in [0.15, 0.2) is 97.1 Å². The number of benzene rings is 4. The molecular formula is C42H42O8. The van der Waals surface area contributed by atoms with Gasteiger partial charge < -0.3 is 9.47 Å². The van der Waals surface area contributed by atoms with Crippen molar-refractivity contribution >= 4 is 23.9 Å². The number of unbranched alkanes of at least 4 members (excludes halogenated alkanes) is 4. The van der Waals surface area contributed by atoms with Crippen molar-refractivity contribution in [2.75, 3.05) is 13.2 Å². The van der Waals surface area contributed by atoms with Gasteiger partial charge in [-0.2, -0.15) is 0 Å². The maximum absolute atomic E-state index is 12.4. The first-order valence-corrected chi connectivity index (χ1v) is 17.6. The minimum absolute atomic E-state index is 0.0260. The average Bonchev–Trinajstić information content (AvgIpc) is 3.64. The molecule has 0 amide bonds. The van der Waals surface area contributed by atoms with E-state index in [1.165, 1.54) is 44.5 Å². The van der Waals surface area contributed by atoms with E-state index in [-0.39, 0.29) is 49.5 Å². The van der Waals surface area contributed by atoms with Gasteiger partial charge in [-0.25, -0.2) is 19.4 Å². The molecule has 0 unspecified atom stereocenters. The highest BCUT2D eigenvalue weighted by Crippen LogP contribution is 2.45. The van der Waals surface area contributed by atoms with Crippen LogP contribution in [0, 0.1) is 0 Å². The number of fused-ring (bicyclic) bond motifs is 6. The molecule has 50 heavy (non-hydrogen) atoms. The molecule has 0 saturated carbocycles.